The summed E-state index contributed by atoms with van der Waals surface area (Å²) in [6, 6.07) is 14.2. The standard InChI is InChI=1S/C21H19F2N5O/c22-15-5-1-3-7-17(15)26-21(29)18-13-20(25-14-24-18)28-11-9-27(10-12-28)19-8-4-2-6-16(19)23/h1-8,13-14H,9-12H2,(H,26,29). The Kier molecular flexibility index (Phi) is 5.33. The fourth-order valence-electron chi connectivity index (χ4n) is 3.28. The number of anilines is 3. The number of aromatic nitrogens is 2. The zero-order valence-corrected chi connectivity index (χ0v) is 15.6. The Hall–Kier alpha value is -3.55. The second-order valence-electron chi connectivity index (χ2n) is 6.62. The molecule has 0 saturated carbocycles. The van der Waals surface area contributed by atoms with Crippen molar-refractivity contribution >= 4 is 23.1 Å². The molecule has 1 saturated heterocycles. The van der Waals surface area contributed by atoms with E-state index in [2.05, 4.69) is 15.3 Å². The van der Waals surface area contributed by atoms with Gasteiger partial charge in [0.15, 0.2) is 0 Å². The normalized spacial score (nSPS) is 14.0. The third-order valence-corrected chi connectivity index (χ3v) is 4.80. The van der Waals surface area contributed by atoms with Crippen LogP contribution in [0.15, 0.2) is 60.9 Å². The summed E-state index contributed by atoms with van der Waals surface area (Å²) in [5.74, 6) is -0.662. The molecule has 1 aliphatic heterocycles. The van der Waals surface area contributed by atoms with Gasteiger partial charge in [0.05, 0.1) is 11.4 Å². The Morgan fingerprint density at radius 2 is 1.52 bits per heavy atom. The highest BCUT2D eigenvalue weighted by Gasteiger charge is 2.21. The van der Waals surface area contributed by atoms with Gasteiger partial charge in [-0.3, -0.25) is 4.79 Å². The minimum atomic E-state index is -0.514. The third-order valence-electron chi connectivity index (χ3n) is 4.80. The van der Waals surface area contributed by atoms with Crippen molar-refractivity contribution in [3.63, 3.8) is 0 Å². The summed E-state index contributed by atoms with van der Waals surface area (Å²) in [5.41, 5.74) is 0.825. The Labute approximate surface area is 166 Å². The van der Waals surface area contributed by atoms with Crippen molar-refractivity contribution in [2.45, 2.75) is 0 Å². The van der Waals surface area contributed by atoms with E-state index in [1.165, 1.54) is 24.5 Å². The lowest BCUT2D eigenvalue weighted by Crippen LogP contribution is -2.47. The van der Waals surface area contributed by atoms with Gasteiger partial charge in [0.2, 0.25) is 0 Å². The van der Waals surface area contributed by atoms with Crippen LogP contribution in [0.3, 0.4) is 0 Å². The van der Waals surface area contributed by atoms with E-state index >= 15 is 0 Å². The molecular formula is C21H19F2N5O. The van der Waals surface area contributed by atoms with Crippen LogP contribution >= 0.6 is 0 Å². The Morgan fingerprint density at radius 1 is 0.862 bits per heavy atom. The topological polar surface area (TPSA) is 61.4 Å². The summed E-state index contributed by atoms with van der Waals surface area (Å²) in [5, 5.41) is 2.52. The lowest BCUT2D eigenvalue weighted by molar-refractivity contribution is 0.102. The van der Waals surface area contributed by atoms with Crippen molar-refractivity contribution in [2.24, 2.45) is 0 Å². The molecule has 0 radical (unpaired) electrons. The van der Waals surface area contributed by atoms with Gasteiger partial charge < -0.3 is 15.1 Å². The molecule has 6 nitrogen and oxygen atoms in total. The van der Waals surface area contributed by atoms with Crippen LogP contribution in [-0.2, 0) is 0 Å². The minimum absolute atomic E-state index is 0.0937. The number of amides is 1. The van der Waals surface area contributed by atoms with E-state index in [0.29, 0.717) is 37.7 Å². The number of hydrogen-bond acceptors (Lipinski definition) is 5. The molecule has 148 valence electrons. The largest absolute Gasteiger partial charge is 0.366 e. The molecular weight excluding hydrogens is 376 g/mol. The van der Waals surface area contributed by atoms with E-state index in [1.807, 2.05) is 15.9 Å². The molecule has 1 aliphatic rings. The van der Waals surface area contributed by atoms with Crippen LogP contribution < -0.4 is 15.1 Å². The first-order valence-electron chi connectivity index (χ1n) is 9.24. The number of carbonyl (C=O) groups excluding carboxylic acids is 1. The highest BCUT2D eigenvalue weighted by Crippen LogP contribution is 2.22. The van der Waals surface area contributed by atoms with Crippen molar-refractivity contribution in [1.82, 2.24) is 9.97 Å². The highest BCUT2D eigenvalue weighted by molar-refractivity contribution is 6.03. The Balaban J connectivity index is 1.44. The molecule has 2 aromatic carbocycles. The molecule has 29 heavy (non-hydrogen) atoms. The highest BCUT2D eigenvalue weighted by atomic mass is 19.1. The van der Waals surface area contributed by atoms with Crippen LogP contribution in [0.1, 0.15) is 10.5 Å². The SMILES string of the molecule is O=C(Nc1ccccc1F)c1cc(N2CCN(c3ccccc3F)CC2)ncn1. The monoisotopic (exact) mass is 395 g/mol. The number of piperazine rings is 1. The van der Waals surface area contributed by atoms with Gasteiger partial charge in [-0.25, -0.2) is 18.7 Å². The maximum absolute atomic E-state index is 14.0. The molecule has 1 N–H and O–H groups in total. The summed E-state index contributed by atoms with van der Waals surface area (Å²) in [4.78, 5) is 24.7. The van der Waals surface area contributed by atoms with Crippen LogP contribution in [0.5, 0.6) is 0 Å². The molecule has 0 atom stereocenters. The lowest BCUT2D eigenvalue weighted by atomic mass is 10.2. The molecule has 0 spiro atoms. The average molecular weight is 395 g/mol. The Morgan fingerprint density at radius 3 is 2.24 bits per heavy atom. The summed E-state index contributed by atoms with van der Waals surface area (Å²) in [6.45, 7) is 2.50. The number of hydrogen-bond donors (Lipinski definition) is 1. The van der Waals surface area contributed by atoms with Gasteiger partial charge in [-0.05, 0) is 24.3 Å². The van der Waals surface area contributed by atoms with Crippen molar-refractivity contribution < 1.29 is 13.6 Å². The van der Waals surface area contributed by atoms with E-state index in [9.17, 15) is 13.6 Å². The molecule has 4 rings (SSSR count). The van der Waals surface area contributed by atoms with Crippen LogP contribution in [0, 0.1) is 11.6 Å². The summed E-state index contributed by atoms with van der Waals surface area (Å²) in [6.07, 6.45) is 1.31. The van der Waals surface area contributed by atoms with E-state index in [-0.39, 0.29) is 17.2 Å². The van der Waals surface area contributed by atoms with E-state index < -0.39 is 11.7 Å². The lowest BCUT2D eigenvalue weighted by Gasteiger charge is -2.36. The van der Waals surface area contributed by atoms with Crippen LogP contribution in [0.25, 0.3) is 0 Å². The van der Waals surface area contributed by atoms with Gasteiger partial charge in [-0.15, -0.1) is 0 Å². The average Bonchev–Trinajstić information content (AvgIpc) is 2.76. The Bertz CT molecular complexity index is 1020. The molecule has 0 aliphatic carbocycles. The maximum Gasteiger partial charge on any atom is 0.274 e. The second kappa shape index (κ2) is 8.22. The van der Waals surface area contributed by atoms with Gasteiger partial charge in [-0.1, -0.05) is 24.3 Å². The smallest absolute Gasteiger partial charge is 0.274 e. The second-order valence-corrected chi connectivity index (χ2v) is 6.62. The quantitative estimate of drug-likeness (QED) is 0.734. The summed E-state index contributed by atoms with van der Waals surface area (Å²) < 4.78 is 27.8. The van der Waals surface area contributed by atoms with Crippen molar-refractivity contribution in [3.8, 4) is 0 Å². The number of para-hydroxylation sites is 2. The molecule has 1 fully saturated rings. The van der Waals surface area contributed by atoms with Gasteiger partial charge in [0.25, 0.3) is 5.91 Å². The number of nitrogens with one attached hydrogen (secondary N) is 1. The fourth-order valence-corrected chi connectivity index (χ4v) is 3.28. The van der Waals surface area contributed by atoms with E-state index in [0.717, 1.165) is 0 Å². The number of rotatable bonds is 4. The molecule has 0 bridgehead atoms. The third kappa shape index (κ3) is 4.16. The predicted molar refractivity (Wildman–Crippen MR) is 107 cm³/mol. The molecule has 8 heteroatoms. The molecule has 2 heterocycles. The first kappa shape index (κ1) is 18.8. The number of carbonyl (C=O) groups is 1. The van der Waals surface area contributed by atoms with Gasteiger partial charge in [0, 0.05) is 32.2 Å². The van der Waals surface area contributed by atoms with Gasteiger partial charge in [0.1, 0.15) is 29.5 Å². The number of nitrogens with zero attached hydrogens (tertiary/aromatic N) is 4. The minimum Gasteiger partial charge on any atom is -0.366 e. The van der Waals surface area contributed by atoms with Crippen molar-refractivity contribution in [1.29, 1.82) is 0 Å². The molecule has 1 amide bonds. The van der Waals surface area contributed by atoms with Crippen LogP contribution in [0.4, 0.5) is 26.0 Å². The zero-order valence-electron chi connectivity index (χ0n) is 15.6. The van der Waals surface area contributed by atoms with E-state index in [1.54, 1.807) is 30.3 Å². The fraction of sp³-hybridized carbons (Fsp3) is 0.190. The van der Waals surface area contributed by atoms with Gasteiger partial charge >= 0.3 is 0 Å². The van der Waals surface area contributed by atoms with Crippen LogP contribution in [0.2, 0.25) is 0 Å². The van der Waals surface area contributed by atoms with Gasteiger partial charge in [-0.2, -0.15) is 0 Å². The summed E-state index contributed by atoms with van der Waals surface area (Å²) >= 11 is 0. The number of halogens is 2. The maximum atomic E-state index is 14.0. The number of benzene rings is 2. The zero-order chi connectivity index (χ0) is 20.2. The predicted octanol–water partition coefficient (Wildman–Crippen LogP) is 3.33. The van der Waals surface area contributed by atoms with Crippen molar-refractivity contribution in [2.75, 3.05) is 41.3 Å². The summed E-state index contributed by atoms with van der Waals surface area (Å²) in [7, 11) is 0. The van der Waals surface area contributed by atoms with Crippen LogP contribution in [-0.4, -0.2) is 42.1 Å². The molecule has 3 aromatic rings. The first-order chi connectivity index (χ1) is 14.1. The first-order valence-corrected chi connectivity index (χ1v) is 9.24. The van der Waals surface area contributed by atoms with Crippen molar-refractivity contribution in [3.05, 3.63) is 78.3 Å². The molecule has 1 aromatic heterocycles. The van der Waals surface area contributed by atoms with E-state index in [4.69, 9.17) is 0 Å². The molecule has 0 unspecified atom stereocenters.